The van der Waals surface area contributed by atoms with Crippen molar-refractivity contribution in [2.24, 2.45) is 0 Å². The summed E-state index contributed by atoms with van der Waals surface area (Å²) in [5, 5.41) is 15.5. The first-order valence-electron chi connectivity index (χ1n) is 4.67. The molecule has 0 saturated carbocycles. The van der Waals surface area contributed by atoms with Crippen molar-refractivity contribution in [3.8, 4) is 0 Å². The number of hydrogen-bond acceptors (Lipinski definition) is 4. The van der Waals surface area contributed by atoms with Crippen molar-refractivity contribution in [2.75, 3.05) is 5.32 Å². The van der Waals surface area contributed by atoms with Crippen LogP contribution in [0.4, 0.5) is 10.8 Å². The quantitative estimate of drug-likeness (QED) is 0.836. The molecule has 0 amide bonds. The summed E-state index contributed by atoms with van der Waals surface area (Å²) in [6, 6.07) is 5.73. The van der Waals surface area contributed by atoms with Gasteiger partial charge in [-0.2, -0.15) is 0 Å². The van der Waals surface area contributed by atoms with E-state index >= 15 is 0 Å². The fourth-order valence-electron chi connectivity index (χ4n) is 1.29. The van der Waals surface area contributed by atoms with Crippen LogP contribution in [0.15, 0.2) is 29.8 Å². The maximum absolute atomic E-state index is 9.14. The fraction of sp³-hybridized carbons (Fsp3) is 0.182. The van der Waals surface area contributed by atoms with Crippen molar-refractivity contribution in [1.29, 1.82) is 0 Å². The molecule has 4 heteroatoms. The summed E-state index contributed by atoms with van der Waals surface area (Å²) >= 11 is 1.63. The topological polar surface area (TPSA) is 45.2 Å². The normalized spacial score (nSPS) is 10.3. The number of nitrogens with one attached hydrogen (secondary N) is 1. The lowest BCUT2D eigenvalue weighted by Crippen LogP contribution is -1.97. The van der Waals surface area contributed by atoms with Crippen molar-refractivity contribution in [3.05, 3.63) is 40.9 Å². The molecule has 0 aliphatic heterocycles. The van der Waals surface area contributed by atoms with Gasteiger partial charge in [0, 0.05) is 11.8 Å². The highest BCUT2D eigenvalue weighted by Crippen LogP contribution is 2.26. The van der Waals surface area contributed by atoms with E-state index in [4.69, 9.17) is 5.11 Å². The molecule has 0 atom stereocenters. The van der Waals surface area contributed by atoms with E-state index in [1.807, 2.05) is 24.4 Å². The Kier molecular flexibility index (Phi) is 2.99. The van der Waals surface area contributed by atoms with Gasteiger partial charge in [-0.25, -0.2) is 4.98 Å². The number of aliphatic hydroxyl groups excluding tert-OH is 1. The molecule has 2 rings (SSSR count). The Labute approximate surface area is 92.4 Å². The van der Waals surface area contributed by atoms with Crippen LogP contribution in [-0.4, -0.2) is 10.1 Å². The van der Waals surface area contributed by atoms with E-state index in [0.29, 0.717) is 0 Å². The zero-order valence-corrected chi connectivity index (χ0v) is 9.21. The van der Waals surface area contributed by atoms with Crippen molar-refractivity contribution >= 4 is 22.2 Å². The molecule has 2 aromatic heterocycles. The zero-order chi connectivity index (χ0) is 10.7. The molecule has 2 aromatic rings. The molecule has 0 aromatic carbocycles. The first-order chi connectivity index (χ1) is 7.31. The van der Waals surface area contributed by atoms with Crippen molar-refractivity contribution in [1.82, 2.24) is 4.98 Å². The minimum absolute atomic E-state index is 0.000591. The molecular weight excluding hydrogens is 208 g/mol. The summed E-state index contributed by atoms with van der Waals surface area (Å²) in [5.74, 6) is 0.727. The van der Waals surface area contributed by atoms with E-state index in [9.17, 15) is 0 Å². The monoisotopic (exact) mass is 220 g/mol. The predicted octanol–water partition coefficient (Wildman–Crippen LogP) is 2.69. The summed E-state index contributed by atoms with van der Waals surface area (Å²) in [6.07, 6.45) is 1.71. The third kappa shape index (κ3) is 2.16. The Morgan fingerprint density at radius 3 is 3.00 bits per heavy atom. The molecule has 78 valence electrons. The van der Waals surface area contributed by atoms with Gasteiger partial charge >= 0.3 is 0 Å². The molecular formula is C11H12N2OS. The van der Waals surface area contributed by atoms with Crippen molar-refractivity contribution < 1.29 is 5.11 Å². The number of thiophene rings is 1. The van der Waals surface area contributed by atoms with Crippen LogP contribution in [0, 0.1) is 6.92 Å². The Morgan fingerprint density at radius 1 is 1.47 bits per heavy atom. The van der Waals surface area contributed by atoms with E-state index in [1.54, 1.807) is 17.5 Å². The van der Waals surface area contributed by atoms with E-state index in [1.165, 1.54) is 5.56 Å². The highest BCUT2D eigenvalue weighted by molar-refractivity contribution is 7.14. The first-order valence-corrected chi connectivity index (χ1v) is 5.55. The van der Waals surface area contributed by atoms with E-state index in [2.05, 4.69) is 16.4 Å². The number of aliphatic hydroxyl groups is 1. The zero-order valence-electron chi connectivity index (χ0n) is 8.40. The molecule has 0 spiro atoms. The number of aryl methyl sites for hydroxylation is 1. The number of nitrogens with zero attached hydrogens (tertiary/aromatic N) is 1. The Balaban J connectivity index is 2.28. The number of pyridine rings is 1. The summed E-state index contributed by atoms with van der Waals surface area (Å²) < 4.78 is 0. The van der Waals surface area contributed by atoms with E-state index in [-0.39, 0.29) is 6.61 Å². The highest BCUT2D eigenvalue weighted by Gasteiger charge is 2.04. The number of hydrogen-bond donors (Lipinski definition) is 2. The molecule has 0 aliphatic rings. The largest absolute Gasteiger partial charge is 0.392 e. The molecule has 0 fully saturated rings. The fourth-order valence-corrected chi connectivity index (χ4v) is 2.10. The molecule has 2 N–H and O–H groups in total. The smallest absolute Gasteiger partial charge is 0.136 e. The maximum Gasteiger partial charge on any atom is 0.136 e. The lowest BCUT2D eigenvalue weighted by molar-refractivity contribution is 0.282. The second-order valence-corrected chi connectivity index (χ2v) is 4.14. The molecule has 0 aliphatic carbocycles. The van der Waals surface area contributed by atoms with E-state index in [0.717, 1.165) is 16.4 Å². The van der Waals surface area contributed by atoms with Crippen LogP contribution in [0.2, 0.25) is 0 Å². The summed E-state index contributed by atoms with van der Waals surface area (Å²) in [6.45, 7) is 2.04. The van der Waals surface area contributed by atoms with Gasteiger partial charge in [-0.3, -0.25) is 0 Å². The van der Waals surface area contributed by atoms with Crippen LogP contribution in [0.5, 0.6) is 0 Å². The van der Waals surface area contributed by atoms with Crippen LogP contribution >= 0.6 is 11.3 Å². The Morgan fingerprint density at radius 2 is 2.33 bits per heavy atom. The van der Waals surface area contributed by atoms with Gasteiger partial charge in [0.1, 0.15) is 5.82 Å². The van der Waals surface area contributed by atoms with Gasteiger partial charge in [0.2, 0.25) is 0 Å². The maximum atomic E-state index is 9.14. The minimum atomic E-state index is 0.000591. The average molecular weight is 220 g/mol. The highest BCUT2D eigenvalue weighted by atomic mass is 32.1. The number of rotatable bonds is 3. The van der Waals surface area contributed by atoms with Crippen LogP contribution in [0.3, 0.4) is 0 Å². The van der Waals surface area contributed by atoms with Crippen LogP contribution in [0.25, 0.3) is 0 Å². The Hall–Kier alpha value is -1.39. The van der Waals surface area contributed by atoms with Gasteiger partial charge in [0.05, 0.1) is 11.6 Å². The van der Waals surface area contributed by atoms with Gasteiger partial charge in [-0.1, -0.05) is 6.07 Å². The van der Waals surface area contributed by atoms with E-state index < -0.39 is 0 Å². The summed E-state index contributed by atoms with van der Waals surface area (Å²) in [7, 11) is 0. The first kappa shape index (κ1) is 10.1. The van der Waals surface area contributed by atoms with Crippen molar-refractivity contribution in [3.63, 3.8) is 0 Å². The molecule has 0 unspecified atom stereocenters. The summed E-state index contributed by atoms with van der Waals surface area (Å²) in [5.41, 5.74) is 2.00. The SMILES string of the molecule is Cc1ccsc1Nc1ncccc1CO. The van der Waals surface area contributed by atoms with Gasteiger partial charge in [-0.15, -0.1) is 11.3 Å². The Bertz CT molecular complexity index is 453. The molecule has 15 heavy (non-hydrogen) atoms. The standard InChI is InChI=1S/C11H12N2OS/c1-8-4-6-15-11(8)13-10-9(7-14)3-2-5-12-10/h2-6,14H,7H2,1H3,(H,12,13). The third-order valence-corrected chi connectivity index (χ3v) is 3.09. The molecule has 3 nitrogen and oxygen atoms in total. The van der Waals surface area contributed by atoms with Crippen LogP contribution in [0.1, 0.15) is 11.1 Å². The van der Waals surface area contributed by atoms with Gasteiger partial charge in [0.25, 0.3) is 0 Å². The molecule has 0 bridgehead atoms. The molecule has 0 radical (unpaired) electrons. The van der Waals surface area contributed by atoms with Gasteiger partial charge in [-0.05, 0) is 30.0 Å². The minimum Gasteiger partial charge on any atom is -0.392 e. The molecule has 0 saturated heterocycles. The number of anilines is 2. The predicted molar refractivity (Wildman–Crippen MR) is 62.5 cm³/mol. The summed E-state index contributed by atoms with van der Waals surface area (Å²) in [4.78, 5) is 4.20. The van der Waals surface area contributed by atoms with Gasteiger partial charge < -0.3 is 10.4 Å². The number of aromatic nitrogens is 1. The lowest BCUT2D eigenvalue weighted by atomic mass is 10.2. The second-order valence-electron chi connectivity index (χ2n) is 3.23. The van der Waals surface area contributed by atoms with Crippen molar-refractivity contribution in [2.45, 2.75) is 13.5 Å². The third-order valence-electron chi connectivity index (χ3n) is 2.16. The average Bonchev–Trinajstić information content (AvgIpc) is 2.65. The van der Waals surface area contributed by atoms with Gasteiger partial charge in [0.15, 0.2) is 0 Å². The van der Waals surface area contributed by atoms with Crippen LogP contribution < -0.4 is 5.32 Å². The molecule has 2 heterocycles. The van der Waals surface area contributed by atoms with Crippen LogP contribution in [-0.2, 0) is 6.61 Å². The lowest BCUT2D eigenvalue weighted by Gasteiger charge is -2.07. The second kappa shape index (κ2) is 4.42.